The Bertz CT molecular complexity index is 1700. The summed E-state index contributed by atoms with van der Waals surface area (Å²) in [4.78, 5) is 31.5. The van der Waals surface area contributed by atoms with Crippen molar-refractivity contribution in [2.45, 2.75) is 12.8 Å². The first-order valence-corrected chi connectivity index (χ1v) is 14.2. The van der Waals surface area contributed by atoms with Crippen LogP contribution in [0.1, 0.15) is 28.8 Å². The Balaban J connectivity index is 1.34. The summed E-state index contributed by atoms with van der Waals surface area (Å²) >= 11 is 0. The lowest BCUT2D eigenvalue weighted by Gasteiger charge is -2.27. The van der Waals surface area contributed by atoms with Gasteiger partial charge in [0.05, 0.1) is 30.2 Å². The molecule has 2 N–H and O–H groups in total. The maximum absolute atomic E-state index is 15.5. The van der Waals surface area contributed by atoms with E-state index in [4.69, 9.17) is 4.74 Å². The second-order valence-electron chi connectivity index (χ2n) is 9.51. The van der Waals surface area contributed by atoms with Crippen LogP contribution in [-0.2, 0) is 14.9 Å². The summed E-state index contributed by atoms with van der Waals surface area (Å²) in [7, 11) is -4.06. The van der Waals surface area contributed by atoms with Crippen molar-refractivity contribution in [3.8, 4) is 11.3 Å². The van der Waals surface area contributed by atoms with Crippen molar-refractivity contribution in [1.82, 2.24) is 24.2 Å². The fraction of sp³-hybridized carbons (Fsp3) is 0.308. The summed E-state index contributed by atoms with van der Waals surface area (Å²) in [6.45, 7) is 3.16. The highest BCUT2D eigenvalue weighted by Crippen LogP contribution is 2.30. The van der Waals surface area contributed by atoms with Crippen LogP contribution in [0.25, 0.3) is 22.3 Å². The van der Waals surface area contributed by atoms with Gasteiger partial charge >= 0.3 is 10.2 Å². The maximum atomic E-state index is 15.5. The van der Waals surface area contributed by atoms with E-state index in [9.17, 15) is 17.6 Å². The molecule has 1 aromatic carbocycles. The normalized spacial score (nSPS) is 16.5. The Morgan fingerprint density at radius 2 is 1.80 bits per heavy atom. The molecular formula is C26H25F2N7O4S. The quantitative estimate of drug-likeness (QED) is 0.325. The van der Waals surface area contributed by atoms with Gasteiger partial charge in [0, 0.05) is 61.2 Å². The Labute approximate surface area is 228 Å². The lowest BCUT2D eigenvalue weighted by Crippen LogP contribution is -2.36. The van der Waals surface area contributed by atoms with Gasteiger partial charge < -0.3 is 14.6 Å². The number of pyridine rings is 1. The molecule has 2 aliphatic rings. The van der Waals surface area contributed by atoms with E-state index in [1.807, 2.05) is 0 Å². The number of hydrogen-bond donors (Lipinski definition) is 2. The van der Waals surface area contributed by atoms with Crippen molar-refractivity contribution >= 4 is 38.5 Å². The number of ether oxygens (including phenoxy) is 1. The number of H-pyrrole nitrogens is 1. The molecule has 6 rings (SSSR count). The number of aromatic amines is 1. The predicted octanol–water partition coefficient (Wildman–Crippen LogP) is 3.12. The molecule has 0 aliphatic carbocycles. The largest absolute Gasteiger partial charge is 0.378 e. The number of ketones is 1. The number of hydrogen-bond acceptors (Lipinski definition) is 8. The first kappa shape index (κ1) is 26.2. The Morgan fingerprint density at radius 3 is 2.58 bits per heavy atom. The molecule has 0 spiro atoms. The van der Waals surface area contributed by atoms with Crippen molar-refractivity contribution in [2.24, 2.45) is 0 Å². The van der Waals surface area contributed by atoms with Crippen LogP contribution in [-0.4, -0.2) is 77.8 Å². The fourth-order valence-electron chi connectivity index (χ4n) is 4.91. The molecule has 208 valence electrons. The first-order chi connectivity index (χ1) is 19.3. The van der Waals surface area contributed by atoms with E-state index in [1.54, 1.807) is 18.3 Å². The first-order valence-electron chi connectivity index (χ1n) is 12.7. The number of morpholine rings is 1. The second kappa shape index (κ2) is 10.5. The molecule has 11 nitrogen and oxygen atoms in total. The van der Waals surface area contributed by atoms with Crippen LogP contribution < -0.4 is 9.62 Å². The predicted molar refractivity (Wildman–Crippen MR) is 143 cm³/mol. The molecule has 0 unspecified atom stereocenters. The lowest BCUT2D eigenvalue weighted by atomic mass is 10.0. The van der Waals surface area contributed by atoms with E-state index in [2.05, 4.69) is 29.6 Å². The smallest absolute Gasteiger partial charge is 0.301 e. The molecule has 5 heterocycles. The monoisotopic (exact) mass is 569 g/mol. The number of halogens is 2. The van der Waals surface area contributed by atoms with E-state index in [-0.39, 0.29) is 5.56 Å². The van der Waals surface area contributed by atoms with E-state index in [0.29, 0.717) is 74.5 Å². The number of nitrogens with one attached hydrogen (secondary N) is 2. The van der Waals surface area contributed by atoms with Gasteiger partial charge in [-0.05, 0) is 31.0 Å². The van der Waals surface area contributed by atoms with E-state index >= 15 is 4.39 Å². The minimum Gasteiger partial charge on any atom is -0.378 e. The average Bonchev–Trinajstić information content (AvgIpc) is 3.66. The Morgan fingerprint density at radius 1 is 1.02 bits per heavy atom. The molecule has 2 saturated heterocycles. The number of carbonyl (C=O) groups is 1. The fourth-order valence-corrected chi connectivity index (χ4v) is 6.21. The van der Waals surface area contributed by atoms with E-state index < -0.39 is 38.9 Å². The molecule has 2 fully saturated rings. The molecule has 0 amide bonds. The third-order valence-corrected chi connectivity index (χ3v) is 8.54. The third kappa shape index (κ3) is 4.89. The zero-order valence-corrected chi connectivity index (χ0v) is 22.0. The highest BCUT2D eigenvalue weighted by Gasteiger charge is 2.29. The summed E-state index contributed by atoms with van der Waals surface area (Å²) in [5, 5.41) is 0.330. The molecule has 2 aliphatic heterocycles. The molecule has 0 radical (unpaired) electrons. The average molecular weight is 570 g/mol. The molecule has 14 heteroatoms. The van der Waals surface area contributed by atoms with Gasteiger partial charge in [0.15, 0.2) is 5.82 Å². The lowest BCUT2D eigenvalue weighted by molar-refractivity contribution is 0.103. The maximum Gasteiger partial charge on any atom is 0.301 e. The van der Waals surface area contributed by atoms with Gasteiger partial charge in [-0.25, -0.2) is 23.7 Å². The van der Waals surface area contributed by atoms with Crippen molar-refractivity contribution < 1.29 is 26.7 Å². The molecule has 4 aromatic rings. The van der Waals surface area contributed by atoms with Gasteiger partial charge in [0.2, 0.25) is 5.78 Å². The van der Waals surface area contributed by atoms with Crippen LogP contribution >= 0.6 is 0 Å². The highest BCUT2D eigenvalue weighted by atomic mass is 32.2. The molecular weight excluding hydrogens is 544 g/mol. The Kier molecular flexibility index (Phi) is 6.90. The number of anilines is 2. The molecule has 0 saturated carbocycles. The van der Waals surface area contributed by atoms with Gasteiger partial charge in [0.25, 0.3) is 0 Å². The van der Waals surface area contributed by atoms with Gasteiger partial charge in [-0.1, -0.05) is 0 Å². The number of fused-ring (bicyclic) bond motifs is 1. The summed E-state index contributed by atoms with van der Waals surface area (Å²) in [5.74, 6) is -2.65. The topological polar surface area (TPSA) is 133 Å². The standard InChI is InChI=1S/C26H25F2N7O4S/c27-19-3-4-20(33-40(37,38)35-5-1-2-6-35)24(28)23(19)25(36)18-14-30-26-17(18)11-16(13-29-26)21-12-22(32-15-31-21)34-7-9-39-10-8-34/h3-4,11-15,33H,1-2,5-10H2,(H,29,30). The van der Waals surface area contributed by atoms with Gasteiger partial charge in [0.1, 0.15) is 23.6 Å². The Hall–Kier alpha value is -4.01. The number of nitrogens with zero attached hydrogens (tertiary/aromatic N) is 5. The SMILES string of the molecule is O=C(c1c(F)ccc(NS(=O)(=O)N2CCCC2)c1F)c1c[nH]c2ncc(-c3cc(N4CCOCC4)ncn3)cc12. The van der Waals surface area contributed by atoms with Crippen LogP contribution in [0.3, 0.4) is 0 Å². The number of rotatable bonds is 7. The summed E-state index contributed by atoms with van der Waals surface area (Å²) in [6, 6.07) is 5.29. The summed E-state index contributed by atoms with van der Waals surface area (Å²) in [6.07, 6.45) is 5.72. The van der Waals surface area contributed by atoms with Crippen LogP contribution in [0.15, 0.2) is 43.0 Å². The zero-order valence-electron chi connectivity index (χ0n) is 21.2. The van der Waals surface area contributed by atoms with Gasteiger partial charge in [-0.3, -0.25) is 9.52 Å². The van der Waals surface area contributed by atoms with Crippen molar-refractivity contribution in [2.75, 3.05) is 49.0 Å². The minimum atomic E-state index is -4.06. The van der Waals surface area contributed by atoms with Gasteiger partial charge in [-0.2, -0.15) is 12.7 Å². The van der Waals surface area contributed by atoms with Crippen LogP contribution in [0.5, 0.6) is 0 Å². The van der Waals surface area contributed by atoms with Crippen LogP contribution in [0, 0.1) is 11.6 Å². The summed E-state index contributed by atoms with van der Waals surface area (Å²) in [5.41, 5.74) is 0.0641. The number of benzene rings is 1. The summed E-state index contributed by atoms with van der Waals surface area (Å²) < 4.78 is 64.4. The second-order valence-corrected chi connectivity index (χ2v) is 11.2. The molecule has 3 aromatic heterocycles. The molecule has 0 bridgehead atoms. The van der Waals surface area contributed by atoms with Crippen LogP contribution in [0.2, 0.25) is 0 Å². The van der Waals surface area contributed by atoms with E-state index in [1.165, 1.54) is 16.8 Å². The molecule has 0 atom stereocenters. The third-order valence-electron chi connectivity index (χ3n) is 7.02. The molecule has 40 heavy (non-hydrogen) atoms. The van der Waals surface area contributed by atoms with Crippen LogP contribution in [0.4, 0.5) is 20.3 Å². The van der Waals surface area contributed by atoms with Crippen molar-refractivity contribution in [3.05, 3.63) is 65.7 Å². The minimum absolute atomic E-state index is 0.0239. The van der Waals surface area contributed by atoms with Crippen molar-refractivity contribution in [3.63, 3.8) is 0 Å². The van der Waals surface area contributed by atoms with Crippen molar-refractivity contribution in [1.29, 1.82) is 0 Å². The van der Waals surface area contributed by atoms with Gasteiger partial charge in [-0.15, -0.1) is 0 Å². The number of carbonyl (C=O) groups excluding carboxylic acids is 1. The number of aromatic nitrogens is 4. The van der Waals surface area contributed by atoms with E-state index in [0.717, 1.165) is 18.0 Å². The highest BCUT2D eigenvalue weighted by molar-refractivity contribution is 7.90. The zero-order chi connectivity index (χ0) is 27.9.